The SMILES string of the molecule is CSCCCC1(c2cccc(C)c2)CNC1. The molecule has 1 N–H and O–H groups in total. The Bertz CT molecular complexity index is 344. The molecule has 0 saturated carbocycles. The predicted molar refractivity (Wildman–Crippen MR) is 73.3 cm³/mol. The van der Waals surface area contributed by atoms with Crippen molar-refractivity contribution in [3.8, 4) is 0 Å². The molecule has 1 saturated heterocycles. The minimum atomic E-state index is 0.432. The topological polar surface area (TPSA) is 12.0 Å². The summed E-state index contributed by atoms with van der Waals surface area (Å²) in [6.45, 7) is 4.50. The summed E-state index contributed by atoms with van der Waals surface area (Å²) >= 11 is 1.95. The number of hydrogen-bond donors (Lipinski definition) is 1. The molecule has 1 aliphatic rings. The molecular formula is C14H21NS. The van der Waals surface area contributed by atoms with E-state index in [2.05, 4.69) is 42.8 Å². The van der Waals surface area contributed by atoms with E-state index in [0.717, 1.165) is 13.1 Å². The van der Waals surface area contributed by atoms with Crippen LogP contribution in [0, 0.1) is 6.92 Å². The highest BCUT2D eigenvalue weighted by Gasteiger charge is 2.37. The molecule has 0 atom stereocenters. The molecule has 2 heteroatoms. The van der Waals surface area contributed by atoms with E-state index in [1.807, 2.05) is 11.8 Å². The van der Waals surface area contributed by atoms with Gasteiger partial charge in [0.05, 0.1) is 0 Å². The van der Waals surface area contributed by atoms with E-state index in [1.165, 1.54) is 29.7 Å². The molecule has 1 heterocycles. The van der Waals surface area contributed by atoms with Crippen molar-refractivity contribution in [2.75, 3.05) is 25.1 Å². The fraction of sp³-hybridized carbons (Fsp3) is 0.571. The Hall–Kier alpha value is -0.470. The first-order valence-corrected chi connectivity index (χ1v) is 7.43. The van der Waals surface area contributed by atoms with Crippen molar-refractivity contribution in [1.82, 2.24) is 5.32 Å². The number of benzene rings is 1. The molecule has 0 aromatic heterocycles. The Kier molecular flexibility index (Phi) is 3.93. The summed E-state index contributed by atoms with van der Waals surface area (Å²) in [4.78, 5) is 0. The largest absolute Gasteiger partial charge is 0.315 e. The number of aryl methyl sites for hydroxylation is 1. The van der Waals surface area contributed by atoms with Gasteiger partial charge in [0.25, 0.3) is 0 Å². The van der Waals surface area contributed by atoms with E-state index < -0.39 is 0 Å². The lowest BCUT2D eigenvalue weighted by Gasteiger charge is -2.43. The first-order valence-electron chi connectivity index (χ1n) is 6.04. The maximum atomic E-state index is 3.44. The summed E-state index contributed by atoms with van der Waals surface area (Å²) in [5.41, 5.74) is 3.35. The molecule has 1 aromatic carbocycles. The fourth-order valence-electron chi connectivity index (χ4n) is 2.48. The van der Waals surface area contributed by atoms with Crippen molar-refractivity contribution in [1.29, 1.82) is 0 Å². The molecule has 16 heavy (non-hydrogen) atoms. The van der Waals surface area contributed by atoms with Crippen LogP contribution in [0.15, 0.2) is 24.3 Å². The van der Waals surface area contributed by atoms with Gasteiger partial charge in [-0.1, -0.05) is 29.8 Å². The molecule has 1 aliphatic heterocycles. The summed E-state index contributed by atoms with van der Waals surface area (Å²) in [5, 5.41) is 3.44. The summed E-state index contributed by atoms with van der Waals surface area (Å²) in [6.07, 6.45) is 4.85. The number of hydrogen-bond acceptors (Lipinski definition) is 2. The van der Waals surface area contributed by atoms with Crippen LogP contribution in [-0.4, -0.2) is 25.1 Å². The van der Waals surface area contributed by atoms with E-state index in [9.17, 15) is 0 Å². The highest BCUT2D eigenvalue weighted by Crippen LogP contribution is 2.34. The average Bonchev–Trinajstić information content (AvgIpc) is 2.22. The third-order valence-electron chi connectivity index (χ3n) is 3.56. The maximum Gasteiger partial charge on any atom is 0.0203 e. The third-order valence-corrected chi connectivity index (χ3v) is 4.26. The molecule has 0 unspecified atom stereocenters. The Morgan fingerprint density at radius 1 is 1.38 bits per heavy atom. The summed E-state index contributed by atoms with van der Waals surface area (Å²) in [6, 6.07) is 9.04. The number of thioether (sulfide) groups is 1. The summed E-state index contributed by atoms with van der Waals surface area (Å²) in [7, 11) is 0. The second-order valence-corrected chi connectivity index (χ2v) is 5.84. The standard InChI is InChI=1S/C14H21NS/c1-12-5-3-6-13(9-12)14(10-15-11-14)7-4-8-16-2/h3,5-6,9,15H,4,7-8,10-11H2,1-2H3. The Morgan fingerprint density at radius 3 is 2.75 bits per heavy atom. The molecule has 1 nitrogen and oxygen atoms in total. The lowest BCUT2D eigenvalue weighted by atomic mass is 9.72. The quantitative estimate of drug-likeness (QED) is 0.788. The van der Waals surface area contributed by atoms with Crippen molar-refractivity contribution in [2.45, 2.75) is 25.2 Å². The molecule has 88 valence electrons. The van der Waals surface area contributed by atoms with Crippen molar-refractivity contribution >= 4 is 11.8 Å². The molecule has 1 fully saturated rings. The van der Waals surface area contributed by atoms with Gasteiger partial charge in [0.1, 0.15) is 0 Å². The van der Waals surface area contributed by atoms with E-state index in [1.54, 1.807) is 0 Å². The number of nitrogens with one attached hydrogen (secondary N) is 1. The zero-order valence-electron chi connectivity index (χ0n) is 10.3. The minimum Gasteiger partial charge on any atom is -0.315 e. The van der Waals surface area contributed by atoms with Crippen LogP contribution in [-0.2, 0) is 5.41 Å². The van der Waals surface area contributed by atoms with Crippen LogP contribution in [0.25, 0.3) is 0 Å². The Labute approximate surface area is 103 Å². The van der Waals surface area contributed by atoms with Crippen molar-refractivity contribution in [3.05, 3.63) is 35.4 Å². The monoisotopic (exact) mass is 235 g/mol. The van der Waals surface area contributed by atoms with Gasteiger partial charge in [0.15, 0.2) is 0 Å². The van der Waals surface area contributed by atoms with Gasteiger partial charge < -0.3 is 5.32 Å². The molecule has 0 bridgehead atoms. The van der Waals surface area contributed by atoms with Crippen LogP contribution in [0.3, 0.4) is 0 Å². The molecule has 0 aliphatic carbocycles. The fourth-order valence-corrected chi connectivity index (χ4v) is 2.91. The average molecular weight is 235 g/mol. The van der Waals surface area contributed by atoms with Gasteiger partial charge in [-0.15, -0.1) is 0 Å². The predicted octanol–water partition coefficient (Wildman–Crippen LogP) is 2.98. The van der Waals surface area contributed by atoms with Crippen LogP contribution in [0.4, 0.5) is 0 Å². The third kappa shape index (κ3) is 2.44. The van der Waals surface area contributed by atoms with Crippen LogP contribution in [0.2, 0.25) is 0 Å². The van der Waals surface area contributed by atoms with E-state index >= 15 is 0 Å². The first-order chi connectivity index (χ1) is 7.77. The van der Waals surface area contributed by atoms with E-state index in [-0.39, 0.29) is 0 Å². The van der Waals surface area contributed by atoms with Crippen LogP contribution in [0.5, 0.6) is 0 Å². The minimum absolute atomic E-state index is 0.432. The summed E-state index contributed by atoms with van der Waals surface area (Å²) < 4.78 is 0. The van der Waals surface area contributed by atoms with Crippen LogP contribution >= 0.6 is 11.8 Å². The molecule has 0 amide bonds. The zero-order valence-corrected chi connectivity index (χ0v) is 11.1. The van der Waals surface area contributed by atoms with Crippen LogP contribution < -0.4 is 5.32 Å². The van der Waals surface area contributed by atoms with Gasteiger partial charge in [-0.3, -0.25) is 0 Å². The molecule has 0 spiro atoms. The van der Waals surface area contributed by atoms with Gasteiger partial charge in [-0.2, -0.15) is 11.8 Å². The van der Waals surface area contributed by atoms with Crippen molar-refractivity contribution in [3.63, 3.8) is 0 Å². The second-order valence-electron chi connectivity index (χ2n) is 4.85. The highest BCUT2D eigenvalue weighted by atomic mass is 32.2. The lowest BCUT2D eigenvalue weighted by molar-refractivity contribution is 0.256. The van der Waals surface area contributed by atoms with Gasteiger partial charge in [0.2, 0.25) is 0 Å². The van der Waals surface area contributed by atoms with Crippen molar-refractivity contribution in [2.24, 2.45) is 0 Å². The molecule has 1 aromatic rings. The summed E-state index contributed by atoms with van der Waals surface area (Å²) in [5.74, 6) is 1.29. The zero-order chi connectivity index (χ0) is 11.4. The normalized spacial score (nSPS) is 18.1. The maximum absolute atomic E-state index is 3.44. The van der Waals surface area contributed by atoms with Gasteiger partial charge >= 0.3 is 0 Å². The van der Waals surface area contributed by atoms with Gasteiger partial charge in [-0.05, 0) is 37.3 Å². The lowest BCUT2D eigenvalue weighted by Crippen LogP contribution is -2.56. The van der Waals surface area contributed by atoms with E-state index in [4.69, 9.17) is 0 Å². The Morgan fingerprint density at radius 2 is 2.19 bits per heavy atom. The Balaban J connectivity index is 2.08. The van der Waals surface area contributed by atoms with Gasteiger partial charge in [-0.25, -0.2) is 0 Å². The van der Waals surface area contributed by atoms with Crippen molar-refractivity contribution < 1.29 is 0 Å². The number of rotatable bonds is 5. The molecular weight excluding hydrogens is 214 g/mol. The molecule has 2 rings (SSSR count). The smallest absolute Gasteiger partial charge is 0.0203 e. The molecule has 0 radical (unpaired) electrons. The van der Waals surface area contributed by atoms with Crippen LogP contribution in [0.1, 0.15) is 24.0 Å². The van der Waals surface area contributed by atoms with E-state index in [0.29, 0.717) is 5.41 Å². The highest BCUT2D eigenvalue weighted by molar-refractivity contribution is 7.98. The first kappa shape index (κ1) is 12.0. The second kappa shape index (κ2) is 5.24. The van der Waals surface area contributed by atoms with Gasteiger partial charge in [0, 0.05) is 18.5 Å².